The second-order valence-electron chi connectivity index (χ2n) is 6.61. The fraction of sp³-hybridized carbons (Fsp3) is 0.333. The Balaban J connectivity index is 1.84. The second kappa shape index (κ2) is 6.30. The zero-order valence-corrected chi connectivity index (χ0v) is 14.9. The van der Waals surface area contributed by atoms with Gasteiger partial charge in [-0.15, -0.1) is 6.58 Å². The first-order chi connectivity index (χ1) is 11.8. The molecule has 1 fully saturated rings. The van der Waals surface area contributed by atoms with E-state index in [1.165, 1.54) is 20.9 Å². The Bertz CT molecular complexity index is 762. The quantitative estimate of drug-likeness (QED) is 0.752. The first-order valence-corrected chi connectivity index (χ1v) is 9.38. The summed E-state index contributed by atoms with van der Waals surface area (Å²) in [5, 5.41) is 0. The van der Waals surface area contributed by atoms with Gasteiger partial charge in [0, 0.05) is 16.9 Å². The van der Waals surface area contributed by atoms with Crippen LogP contribution >= 0.6 is 11.8 Å². The van der Waals surface area contributed by atoms with Crippen molar-refractivity contribution in [2.24, 2.45) is 0 Å². The molecule has 2 nitrogen and oxygen atoms in total. The molecule has 2 aromatic carbocycles. The molecular formula is C21H23NOS. The predicted molar refractivity (Wildman–Crippen MR) is 100 cm³/mol. The van der Waals surface area contributed by atoms with E-state index >= 15 is 0 Å². The lowest BCUT2D eigenvalue weighted by atomic mass is 9.67. The molecular weight excluding hydrogens is 314 g/mol. The highest BCUT2D eigenvalue weighted by Gasteiger charge is 2.43. The van der Waals surface area contributed by atoms with Crippen molar-refractivity contribution in [3.63, 3.8) is 0 Å². The number of ether oxygens (including phenoxy) is 1. The fourth-order valence-corrected chi connectivity index (χ4v) is 5.57. The minimum absolute atomic E-state index is 0.114. The molecule has 124 valence electrons. The Hall–Kier alpha value is -1.71. The van der Waals surface area contributed by atoms with Crippen molar-refractivity contribution in [3.8, 4) is 5.75 Å². The van der Waals surface area contributed by atoms with Crippen LogP contribution in [0.15, 0.2) is 64.9 Å². The Morgan fingerprint density at radius 3 is 2.62 bits per heavy atom. The number of hydrogen-bond acceptors (Lipinski definition) is 3. The molecule has 0 aromatic heterocycles. The molecule has 2 heterocycles. The van der Waals surface area contributed by atoms with Gasteiger partial charge < -0.3 is 4.74 Å². The second-order valence-corrected chi connectivity index (χ2v) is 7.66. The topological polar surface area (TPSA) is 12.5 Å². The molecule has 0 aliphatic carbocycles. The van der Waals surface area contributed by atoms with Gasteiger partial charge in [-0.3, -0.25) is 4.90 Å². The Morgan fingerprint density at radius 1 is 1.12 bits per heavy atom. The summed E-state index contributed by atoms with van der Waals surface area (Å²) in [5.74, 6) is 1.000. The normalized spacial score (nSPS) is 18.7. The van der Waals surface area contributed by atoms with Gasteiger partial charge in [-0.2, -0.15) is 0 Å². The van der Waals surface area contributed by atoms with E-state index in [2.05, 4.69) is 53.9 Å². The molecule has 0 radical (unpaired) electrons. The zero-order valence-electron chi connectivity index (χ0n) is 14.1. The summed E-state index contributed by atoms with van der Waals surface area (Å²) in [5.41, 5.74) is 3.06. The molecule has 2 aliphatic heterocycles. The van der Waals surface area contributed by atoms with Crippen LogP contribution in [-0.2, 0) is 5.41 Å². The highest BCUT2D eigenvalue weighted by Crippen LogP contribution is 2.55. The maximum Gasteiger partial charge on any atom is 0.133 e. The monoisotopic (exact) mass is 337 g/mol. The first kappa shape index (κ1) is 15.8. The van der Waals surface area contributed by atoms with Crippen LogP contribution in [0.5, 0.6) is 5.75 Å². The molecule has 0 amide bonds. The number of hydrogen-bond donors (Lipinski definition) is 0. The van der Waals surface area contributed by atoms with Crippen molar-refractivity contribution in [2.45, 2.75) is 28.0 Å². The number of likely N-dealkylation sites (tertiary alicyclic amines) is 1. The van der Waals surface area contributed by atoms with E-state index in [0.717, 1.165) is 38.2 Å². The molecule has 0 N–H and O–H groups in total. The van der Waals surface area contributed by atoms with E-state index in [1.807, 2.05) is 17.8 Å². The van der Waals surface area contributed by atoms with Crippen molar-refractivity contribution in [1.82, 2.24) is 4.90 Å². The molecule has 2 aliphatic rings. The van der Waals surface area contributed by atoms with Crippen LogP contribution in [0.2, 0.25) is 0 Å². The lowest BCUT2D eigenvalue weighted by molar-refractivity contribution is 0.191. The van der Waals surface area contributed by atoms with Crippen LogP contribution in [0.25, 0.3) is 0 Å². The summed E-state index contributed by atoms with van der Waals surface area (Å²) in [4.78, 5) is 5.19. The molecule has 3 heteroatoms. The van der Waals surface area contributed by atoms with Crippen LogP contribution in [0.4, 0.5) is 0 Å². The average Bonchev–Trinajstić information content (AvgIpc) is 2.63. The largest absolute Gasteiger partial charge is 0.496 e. The van der Waals surface area contributed by atoms with E-state index in [0.29, 0.717) is 0 Å². The van der Waals surface area contributed by atoms with Crippen molar-refractivity contribution in [3.05, 3.63) is 66.2 Å². The van der Waals surface area contributed by atoms with E-state index < -0.39 is 0 Å². The Morgan fingerprint density at radius 2 is 1.88 bits per heavy atom. The van der Waals surface area contributed by atoms with Gasteiger partial charge in [-0.05, 0) is 49.2 Å². The van der Waals surface area contributed by atoms with Gasteiger partial charge in [-0.25, -0.2) is 0 Å². The molecule has 0 unspecified atom stereocenters. The van der Waals surface area contributed by atoms with Crippen molar-refractivity contribution in [2.75, 3.05) is 26.7 Å². The highest BCUT2D eigenvalue weighted by atomic mass is 32.2. The van der Waals surface area contributed by atoms with Gasteiger partial charge in [-0.1, -0.05) is 48.2 Å². The summed E-state index contributed by atoms with van der Waals surface area (Å²) in [7, 11) is 1.77. The summed E-state index contributed by atoms with van der Waals surface area (Å²) >= 11 is 1.86. The summed E-state index contributed by atoms with van der Waals surface area (Å²) in [6, 6.07) is 15.4. The van der Waals surface area contributed by atoms with Crippen molar-refractivity contribution >= 4 is 11.8 Å². The van der Waals surface area contributed by atoms with Crippen molar-refractivity contribution in [1.29, 1.82) is 0 Å². The summed E-state index contributed by atoms with van der Waals surface area (Å²) in [6.07, 6.45) is 4.32. The third kappa shape index (κ3) is 2.38. The van der Waals surface area contributed by atoms with Crippen LogP contribution < -0.4 is 4.74 Å². The molecule has 1 saturated heterocycles. The smallest absolute Gasteiger partial charge is 0.133 e. The Labute approximate surface area is 148 Å². The molecule has 0 saturated carbocycles. The number of piperidine rings is 1. The lowest BCUT2D eigenvalue weighted by Gasteiger charge is -2.46. The molecule has 2 aromatic rings. The van der Waals surface area contributed by atoms with Gasteiger partial charge in [0.05, 0.1) is 12.0 Å². The molecule has 24 heavy (non-hydrogen) atoms. The van der Waals surface area contributed by atoms with E-state index in [9.17, 15) is 0 Å². The van der Waals surface area contributed by atoms with E-state index in [-0.39, 0.29) is 5.41 Å². The minimum Gasteiger partial charge on any atom is -0.496 e. The number of nitrogens with zero attached hydrogens (tertiary/aromatic N) is 1. The molecule has 0 atom stereocenters. The van der Waals surface area contributed by atoms with Crippen LogP contribution in [0, 0.1) is 0 Å². The third-order valence-corrected chi connectivity index (χ3v) is 6.63. The van der Waals surface area contributed by atoms with Gasteiger partial charge in [0.15, 0.2) is 0 Å². The maximum absolute atomic E-state index is 5.68. The summed E-state index contributed by atoms with van der Waals surface area (Å²) in [6.45, 7) is 7.10. The van der Waals surface area contributed by atoms with Gasteiger partial charge in [0.25, 0.3) is 0 Å². The first-order valence-electron chi connectivity index (χ1n) is 8.56. The molecule has 1 spiro atoms. The lowest BCUT2D eigenvalue weighted by Crippen LogP contribution is -2.44. The Kier molecular flexibility index (Phi) is 4.15. The van der Waals surface area contributed by atoms with E-state index in [1.54, 1.807) is 7.11 Å². The third-order valence-electron chi connectivity index (χ3n) is 5.43. The summed E-state index contributed by atoms with van der Waals surface area (Å²) < 4.78 is 5.68. The highest BCUT2D eigenvalue weighted by molar-refractivity contribution is 7.99. The van der Waals surface area contributed by atoms with E-state index in [4.69, 9.17) is 4.74 Å². The SMILES string of the molecule is C=CCN1CCC2(CC1)c1ccccc1Sc1c(OC)cccc12. The van der Waals surface area contributed by atoms with Gasteiger partial charge >= 0.3 is 0 Å². The van der Waals surface area contributed by atoms with Gasteiger partial charge in [0.2, 0.25) is 0 Å². The number of methoxy groups -OCH3 is 1. The molecule has 0 bridgehead atoms. The number of benzene rings is 2. The fourth-order valence-electron chi connectivity index (χ4n) is 4.20. The van der Waals surface area contributed by atoms with Crippen molar-refractivity contribution < 1.29 is 4.74 Å². The number of rotatable bonds is 3. The maximum atomic E-state index is 5.68. The van der Waals surface area contributed by atoms with Crippen LogP contribution in [0.1, 0.15) is 24.0 Å². The van der Waals surface area contributed by atoms with Crippen LogP contribution in [0.3, 0.4) is 0 Å². The predicted octanol–water partition coefficient (Wildman–Crippen LogP) is 4.73. The number of fused-ring (bicyclic) bond motifs is 4. The van der Waals surface area contributed by atoms with Gasteiger partial charge in [0.1, 0.15) is 5.75 Å². The van der Waals surface area contributed by atoms with Crippen LogP contribution in [-0.4, -0.2) is 31.6 Å². The average molecular weight is 337 g/mol. The standard InChI is InChI=1S/C21H23NOS/c1-3-13-22-14-11-21(12-15-22)16-7-4-5-10-19(16)24-20-17(21)8-6-9-18(20)23-2/h3-10H,1,11-15H2,2H3. The minimum atomic E-state index is 0.114. The zero-order chi connectivity index (χ0) is 16.6. The molecule has 4 rings (SSSR count).